The molecule has 0 amide bonds. The van der Waals surface area contributed by atoms with Gasteiger partial charge in [-0.3, -0.25) is 4.55 Å². The first-order chi connectivity index (χ1) is 13.5. The number of phenols is 2. The van der Waals surface area contributed by atoms with Gasteiger partial charge < -0.3 is 10.2 Å². The summed E-state index contributed by atoms with van der Waals surface area (Å²) < 4.78 is 34.0. The molecule has 3 aromatic rings. The van der Waals surface area contributed by atoms with Gasteiger partial charge in [0.2, 0.25) is 0 Å². The van der Waals surface area contributed by atoms with E-state index in [2.05, 4.69) is 0 Å². The minimum Gasteiger partial charge on any atom is -0.508 e. The lowest BCUT2D eigenvalue weighted by molar-refractivity contribution is 0.455. The lowest BCUT2D eigenvalue weighted by Crippen LogP contribution is -2.38. The third kappa shape index (κ3) is 3.77. The molecule has 0 aliphatic heterocycles. The van der Waals surface area contributed by atoms with E-state index in [-0.39, 0.29) is 48.3 Å². The highest BCUT2D eigenvalue weighted by molar-refractivity contribution is 7.87. The summed E-state index contributed by atoms with van der Waals surface area (Å²) in [4.78, 5) is 0. The van der Waals surface area contributed by atoms with Gasteiger partial charge in [-0.1, -0.05) is 64.6 Å². The van der Waals surface area contributed by atoms with Gasteiger partial charge in [0.15, 0.2) is 4.75 Å². The Hall–Kier alpha value is -1.67. The molecule has 0 bridgehead atoms. The van der Waals surface area contributed by atoms with Gasteiger partial charge >= 0.3 is 0 Å². The van der Waals surface area contributed by atoms with Crippen LogP contribution in [0.4, 0.5) is 0 Å². The summed E-state index contributed by atoms with van der Waals surface area (Å²) in [5, 5.41) is 19.4. The summed E-state index contributed by atoms with van der Waals surface area (Å²) in [7, 11) is -5.04. The monoisotopic (exact) mass is 492 g/mol. The Morgan fingerprint density at radius 1 is 0.759 bits per heavy atom. The second kappa shape index (κ2) is 7.87. The zero-order chi connectivity index (χ0) is 21.6. The second-order valence-electron chi connectivity index (χ2n) is 6.12. The Balaban J connectivity index is 2.61. The van der Waals surface area contributed by atoms with Crippen LogP contribution in [-0.2, 0) is 14.9 Å². The van der Waals surface area contributed by atoms with Gasteiger partial charge in [0.05, 0.1) is 5.02 Å². The van der Waals surface area contributed by atoms with Crippen LogP contribution in [0, 0.1) is 0 Å². The van der Waals surface area contributed by atoms with E-state index < -0.39 is 14.9 Å². The predicted molar refractivity (Wildman–Crippen MR) is 114 cm³/mol. The fourth-order valence-corrected chi connectivity index (χ4v) is 5.54. The number of rotatable bonds is 4. The molecule has 3 rings (SSSR count). The maximum atomic E-state index is 13.0. The Morgan fingerprint density at radius 3 is 1.93 bits per heavy atom. The molecule has 0 heterocycles. The van der Waals surface area contributed by atoms with Gasteiger partial charge in [-0.05, 0) is 47.5 Å². The highest BCUT2D eigenvalue weighted by atomic mass is 35.5. The largest absolute Gasteiger partial charge is 0.508 e. The first kappa shape index (κ1) is 22.0. The molecule has 0 radical (unpaired) electrons. The molecule has 0 spiro atoms. The molecule has 5 nitrogen and oxygen atoms in total. The van der Waals surface area contributed by atoms with Gasteiger partial charge in [-0.2, -0.15) is 8.42 Å². The van der Waals surface area contributed by atoms with Crippen molar-refractivity contribution < 1.29 is 23.2 Å². The van der Waals surface area contributed by atoms with Crippen molar-refractivity contribution in [1.82, 2.24) is 0 Å². The molecule has 1 atom stereocenters. The highest BCUT2D eigenvalue weighted by Crippen LogP contribution is 2.50. The minimum absolute atomic E-state index is 0.0493. The quantitative estimate of drug-likeness (QED) is 0.311. The summed E-state index contributed by atoms with van der Waals surface area (Å²) in [6.07, 6.45) is 0. The number of halogens is 4. The second-order valence-corrected chi connectivity index (χ2v) is 9.32. The fraction of sp³-hybridized carbons (Fsp3) is 0.0526. The molecule has 1 unspecified atom stereocenters. The highest BCUT2D eigenvalue weighted by Gasteiger charge is 2.50. The smallest absolute Gasteiger partial charge is 0.283 e. The molecule has 152 valence electrons. The number of phenolic OH excluding ortho intramolecular Hbond substituents is 2. The van der Waals surface area contributed by atoms with Crippen molar-refractivity contribution >= 4 is 56.5 Å². The molecule has 0 aromatic heterocycles. The van der Waals surface area contributed by atoms with E-state index in [0.717, 1.165) is 12.1 Å². The lowest BCUT2D eigenvalue weighted by atomic mass is 9.83. The van der Waals surface area contributed by atoms with Crippen LogP contribution in [-0.4, -0.2) is 23.2 Å². The molecule has 3 aromatic carbocycles. The molecule has 0 aliphatic carbocycles. The molecule has 0 fully saturated rings. The third-order valence-electron chi connectivity index (χ3n) is 4.35. The van der Waals surface area contributed by atoms with Crippen molar-refractivity contribution in [1.29, 1.82) is 0 Å². The summed E-state index contributed by atoms with van der Waals surface area (Å²) >= 11 is 24.6. The predicted octanol–water partition coefficient (Wildman–Crippen LogP) is 5.89. The Labute approximate surface area is 186 Å². The molecule has 3 N–H and O–H groups in total. The summed E-state index contributed by atoms with van der Waals surface area (Å²) in [6, 6.07) is 11.6. The van der Waals surface area contributed by atoms with Crippen LogP contribution in [0.3, 0.4) is 0 Å². The van der Waals surface area contributed by atoms with Gasteiger partial charge in [0.25, 0.3) is 10.1 Å². The van der Waals surface area contributed by atoms with E-state index in [1.807, 2.05) is 0 Å². The number of aromatic hydroxyl groups is 2. The van der Waals surface area contributed by atoms with Crippen molar-refractivity contribution in [2.24, 2.45) is 0 Å². The zero-order valence-corrected chi connectivity index (χ0v) is 18.1. The Kier molecular flexibility index (Phi) is 5.98. The van der Waals surface area contributed by atoms with Crippen LogP contribution in [0.25, 0.3) is 0 Å². The van der Waals surface area contributed by atoms with Crippen LogP contribution in [0.5, 0.6) is 11.5 Å². The van der Waals surface area contributed by atoms with Crippen LogP contribution < -0.4 is 0 Å². The van der Waals surface area contributed by atoms with E-state index >= 15 is 0 Å². The molecule has 10 heteroatoms. The number of benzene rings is 3. The molecule has 0 saturated carbocycles. The van der Waals surface area contributed by atoms with Crippen LogP contribution >= 0.6 is 46.4 Å². The van der Waals surface area contributed by atoms with Crippen molar-refractivity contribution in [3.8, 4) is 11.5 Å². The lowest BCUT2D eigenvalue weighted by Gasteiger charge is -2.33. The van der Waals surface area contributed by atoms with E-state index in [1.165, 1.54) is 42.5 Å². The van der Waals surface area contributed by atoms with Crippen LogP contribution in [0.15, 0.2) is 54.6 Å². The molecular weight excluding hydrogens is 482 g/mol. The maximum Gasteiger partial charge on any atom is 0.283 e. The zero-order valence-electron chi connectivity index (χ0n) is 14.3. The van der Waals surface area contributed by atoms with Crippen molar-refractivity contribution in [3.05, 3.63) is 91.4 Å². The van der Waals surface area contributed by atoms with Gasteiger partial charge in [0, 0.05) is 15.6 Å². The normalized spacial score (nSPS) is 13.8. The van der Waals surface area contributed by atoms with Crippen molar-refractivity contribution in [3.63, 3.8) is 0 Å². The van der Waals surface area contributed by atoms with E-state index in [1.54, 1.807) is 0 Å². The van der Waals surface area contributed by atoms with Gasteiger partial charge in [-0.15, -0.1) is 0 Å². The van der Waals surface area contributed by atoms with Crippen molar-refractivity contribution in [2.45, 2.75) is 4.75 Å². The SMILES string of the molecule is O=S(=O)(O)C(c1cccc(O)c1)(c1cc(Cl)cc(Cl)c1)c1ccc(O)c(Cl)c1Cl. The molecule has 0 aliphatic rings. The average molecular weight is 494 g/mol. The fourth-order valence-electron chi connectivity index (χ4n) is 3.21. The molecule has 0 saturated heterocycles. The van der Waals surface area contributed by atoms with Gasteiger partial charge in [0.1, 0.15) is 16.5 Å². The number of hydrogen-bond acceptors (Lipinski definition) is 4. The Bertz CT molecular complexity index is 1190. The van der Waals surface area contributed by atoms with Crippen molar-refractivity contribution in [2.75, 3.05) is 0 Å². The third-order valence-corrected chi connectivity index (χ3v) is 7.12. The standard InChI is InChI=1S/C19H12Cl4O5S/c20-12-6-11(7-13(21)9-12)19(29(26,27)28,10-2-1-3-14(24)8-10)15-4-5-16(25)18(23)17(15)22/h1-9,24-25H,(H,26,27,28). The molecular formula is C19H12Cl4O5S. The topological polar surface area (TPSA) is 94.8 Å². The first-order valence-corrected chi connectivity index (χ1v) is 10.8. The minimum atomic E-state index is -5.04. The first-order valence-electron chi connectivity index (χ1n) is 7.89. The van der Waals surface area contributed by atoms with E-state index in [9.17, 15) is 23.2 Å². The van der Waals surface area contributed by atoms with Crippen LogP contribution in [0.2, 0.25) is 20.1 Å². The summed E-state index contributed by atoms with van der Waals surface area (Å²) in [5.74, 6) is -0.644. The van der Waals surface area contributed by atoms with Crippen LogP contribution in [0.1, 0.15) is 16.7 Å². The summed E-state index contributed by atoms with van der Waals surface area (Å²) in [6.45, 7) is 0. The van der Waals surface area contributed by atoms with E-state index in [4.69, 9.17) is 46.4 Å². The van der Waals surface area contributed by atoms with Gasteiger partial charge in [-0.25, -0.2) is 0 Å². The van der Waals surface area contributed by atoms with E-state index in [0.29, 0.717) is 0 Å². The molecule has 29 heavy (non-hydrogen) atoms. The average Bonchev–Trinajstić information content (AvgIpc) is 2.60. The Morgan fingerprint density at radius 2 is 1.38 bits per heavy atom. The summed E-state index contributed by atoms with van der Waals surface area (Å²) in [5.41, 5.74) is -0.276. The number of hydrogen-bond donors (Lipinski definition) is 3. The maximum absolute atomic E-state index is 13.0.